The molecule has 13 heavy (non-hydrogen) atoms. The number of carbonyl (C=O) groups is 2. The van der Waals surface area contributed by atoms with Crippen LogP contribution in [0.4, 0.5) is 0 Å². The van der Waals surface area contributed by atoms with Crippen molar-refractivity contribution in [3.63, 3.8) is 0 Å². The highest BCUT2D eigenvalue weighted by molar-refractivity contribution is 6.05. The van der Waals surface area contributed by atoms with E-state index in [1.54, 1.807) is 0 Å². The molecule has 1 heterocycles. The van der Waals surface area contributed by atoms with Crippen LogP contribution in [0.15, 0.2) is 0 Å². The van der Waals surface area contributed by atoms with Crippen LogP contribution >= 0.6 is 0 Å². The Balaban J connectivity index is 2.58. The fraction of sp³-hybridized carbons (Fsp3) is 0.750. The van der Waals surface area contributed by atoms with E-state index in [0.29, 0.717) is 6.42 Å². The summed E-state index contributed by atoms with van der Waals surface area (Å²) in [6.45, 7) is 2.34. The molecule has 0 saturated carbocycles. The lowest BCUT2D eigenvalue weighted by molar-refractivity contribution is -0.158. The van der Waals surface area contributed by atoms with Gasteiger partial charge in [-0.3, -0.25) is 0 Å². The first-order valence-corrected chi connectivity index (χ1v) is 4.24. The van der Waals surface area contributed by atoms with Crippen molar-refractivity contribution < 1.29 is 19.1 Å². The standard InChI is InChI=1S/C8H13NO4/c1-2-4-12-6(10)8(9)3-5-13-7(8)11/h2-5,9H2,1H3. The first-order chi connectivity index (χ1) is 6.11. The average Bonchev–Trinajstić information content (AvgIpc) is 2.44. The second-order valence-electron chi connectivity index (χ2n) is 2.99. The van der Waals surface area contributed by atoms with Gasteiger partial charge in [-0.15, -0.1) is 0 Å². The number of hydrogen-bond donors (Lipinski definition) is 1. The molecule has 2 N–H and O–H groups in total. The Morgan fingerprint density at radius 1 is 1.77 bits per heavy atom. The van der Waals surface area contributed by atoms with Crippen LogP contribution in [0, 0.1) is 0 Å². The maximum absolute atomic E-state index is 11.3. The largest absolute Gasteiger partial charge is 0.464 e. The van der Waals surface area contributed by atoms with E-state index in [4.69, 9.17) is 10.5 Å². The fourth-order valence-corrected chi connectivity index (χ4v) is 1.04. The molecular weight excluding hydrogens is 174 g/mol. The summed E-state index contributed by atoms with van der Waals surface area (Å²) in [7, 11) is 0. The van der Waals surface area contributed by atoms with Gasteiger partial charge in [0.15, 0.2) is 0 Å². The summed E-state index contributed by atoms with van der Waals surface area (Å²) in [5, 5.41) is 0. The topological polar surface area (TPSA) is 78.6 Å². The summed E-state index contributed by atoms with van der Waals surface area (Å²) in [4.78, 5) is 22.3. The van der Waals surface area contributed by atoms with E-state index < -0.39 is 17.5 Å². The molecule has 1 saturated heterocycles. The molecular formula is C8H13NO4. The summed E-state index contributed by atoms with van der Waals surface area (Å²) >= 11 is 0. The molecule has 0 spiro atoms. The average molecular weight is 187 g/mol. The van der Waals surface area contributed by atoms with Crippen molar-refractivity contribution in [3.8, 4) is 0 Å². The lowest BCUT2D eigenvalue weighted by atomic mass is 10.0. The third-order valence-corrected chi connectivity index (χ3v) is 1.90. The van der Waals surface area contributed by atoms with Crippen LogP contribution in [0.5, 0.6) is 0 Å². The molecule has 5 heteroatoms. The molecule has 0 amide bonds. The number of ether oxygens (including phenoxy) is 2. The number of rotatable bonds is 3. The van der Waals surface area contributed by atoms with E-state index in [1.165, 1.54) is 0 Å². The summed E-state index contributed by atoms with van der Waals surface area (Å²) in [6.07, 6.45) is 0.908. The van der Waals surface area contributed by atoms with Crippen molar-refractivity contribution >= 4 is 11.9 Å². The van der Waals surface area contributed by atoms with Gasteiger partial charge in [-0.25, -0.2) is 9.59 Å². The van der Waals surface area contributed by atoms with Crippen molar-refractivity contribution in [3.05, 3.63) is 0 Å². The minimum absolute atomic E-state index is 0.191. The van der Waals surface area contributed by atoms with E-state index >= 15 is 0 Å². The zero-order valence-corrected chi connectivity index (χ0v) is 7.54. The third kappa shape index (κ3) is 1.80. The number of esters is 2. The van der Waals surface area contributed by atoms with E-state index in [0.717, 1.165) is 0 Å². The van der Waals surface area contributed by atoms with Crippen LogP contribution < -0.4 is 5.73 Å². The van der Waals surface area contributed by atoms with Crippen LogP contribution in [-0.2, 0) is 19.1 Å². The Morgan fingerprint density at radius 3 is 2.92 bits per heavy atom. The zero-order valence-electron chi connectivity index (χ0n) is 7.54. The minimum atomic E-state index is -1.56. The molecule has 0 radical (unpaired) electrons. The van der Waals surface area contributed by atoms with Crippen LogP contribution in [0.2, 0.25) is 0 Å². The quantitative estimate of drug-likeness (QED) is 0.479. The van der Waals surface area contributed by atoms with Gasteiger partial charge in [-0.1, -0.05) is 6.92 Å². The summed E-state index contributed by atoms with van der Waals surface area (Å²) in [5.74, 6) is -1.37. The summed E-state index contributed by atoms with van der Waals surface area (Å²) in [5.41, 5.74) is 3.98. The summed E-state index contributed by atoms with van der Waals surface area (Å²) in [6, 6.07) is 0. The van der Waals surface area contributed by atoms with Gasteiger partial charge in [0, 0.05) is 6.42 Å². The van der Waals surface area contributed by atoms with E-state index in [2.05, 4.69) is 4.74 Å². The molecule has 0 bridgehead atoms. The number of carbonyl (C=O) groups excluding carboxylic acids is 2. The molecule has 0 aromatic rings. The molecule has 1 atom stereocenters. The lowest BCUT2D eigenvalue weighted by Gasteiger charge is -2.16. The molecule has 5 nitrogen and oxygen atoms in total. The highest BCUT2D eigenvalue weighted by Crippen LogP contribution is 2.18. The van der Waals surface area contributed by atoms with Gasteiger partial charge < -0.3 is 15.2 Å². The van der Waals surface area contributed by atoms with E-state index in [9.17, 15) is 9.59 Å². The lowest BCUT2D eigenvalue weighted by Crippen LogP contribution is -2.52. The number of hydrogen-bond acceptors (Lipinski definition) is 5. The van der Waals surface area contributed by atoms with E-state index in [1.807, 2.05) is 6.92 Å². The smallest absolute Gasteiger partial charge is 0.337 e. The van der Waals surface area contributed by atoms with Crippen molar-refractivity contribution in [2.45, 2.75) is 25.3 Å². The first kappa shape index (κ1) is 9.98. The maximum atomic E-state index is 11.3. The van der Waals surface area contributed by atoms with Crippen LogP contribution in [-0.4, -0.2) is 30.7 Å². The van der Waals surface area contributed by atoms with Crippen molar-refractivity contribution in [2.75, 3.05) is 13.2 Å². The predicted molar refractivity (Wildman–Crippen MR) is 43.7 cm³/mol. The predicted octanol–water partition coefficient (Wildman–Crippen LogP) is -0.416. The molecule has 1 rings (SSSR count). The summed E-state index contributed by atoms with van der Waals surface area (Å²) < 4.78 is 9.39. The Bertz CT molecular complexity index is 228. The van der Waals surface area contributed by atoms with Gasteiger partial charge in [-0.2, -0.15) is 0 Å². The van der Waals surface area contributed by atoms with E-state index in [-0.39, 0.29) is 19.6 Å². The van der Waals surface area contributed by atoms with Gasteiger partial charge in [-0.05, 0) is 6.42 Å². The number of cyclic esters (lactones) is 1. The highest BCUT2D eigenvalue weighted by atomic mass is 16.6. The molecule has 1 unspecified atom stereocenters. The van der Waals surface area contributed by atoms with Crippen LogP contribution in [0.3, 0.4) is 0 Å². The SMILES string of the molecule is CCCOC(=O)C1(N)CCOC1=O. The first-order valence-electron chi connectivity index (χ1n) is 4.24. The Hall–Kier alpha value is -1.10. The van der Waals surface area contributed by atoms with Crippen LogP contribution in [0.25, 0.3) is 0 Å². The molecule has 0 aliphatic carbocycles. The Morgan fingerprint density at radius 2 is 2.46 bits per heavy atom. The normalized spacial score (nSPS) is 27.1. The fourth-order valence-electron chi connectivity index (χ4n) is 1.04. The maximum Gasteiger partial charge on any atom is 0.337 e. The highest BCUT2D eigenvalue weighted by Gasteiger charge is 2.49. The molecule has 1 fully saturated rings. The van der Waals surface area contributed by atoms with Gasteiger partial charge in [0.05, 0.1) is 13.2 Å². The second-order valence-corrected chi connectivity index (χ2v) is 2.99. The van der Waals surface area contributed by atoms with Crippen LogP contribution in [0.1, 0.15) is 19.8 Å². The molecule has 1 aliphatic rings. The van der Waals surface area contributed by atoms with Gasteiger partial charge in [0.2, 0.25) is 5.54 Å². The number of nitrogens with two attached hydrogens (primary N) is 1. The Labute approximate surface area is 76.2 Å². The molecule has 0 aromatic heterocycles. The van der Waals surface area contributed by atoms with Gasteiger partial charge in [0.1, 0.15) is 0 Å². The van der Waals surface area contributed by atoms with Gasteiger partial charge >= 0.3 is 11.9 Å². The second kappa shape index (κ2) is 3.74. The molecule has 74 valence electrons. The third-order valence-electron chi connectivity index (χ3n) is 1.90. The van der Waals surface area contributed by atoms with Crippen molar-refractivity contribution in [1.29, 1.82) is 0 Å². The molecule has 0 aromatic carbocycles. The van der Waals surface area contributed by atoms with Crippen molar-refractivity contribution in [2.24, 2.45) is 5.73 Å². The monoisotopic (exact) mass is 187 g/mol. The Kier molecular flexibility index (Phi) is 2.87. The minimum Gasteiger partial charge on any atom is -0.464 e. The van der Waals surface area contributed by atoms with Crippen molar-refractivity contribution in [1.82, 2.24) is 0 Å². The van der Waals surface area contributed by atoms with Gasteiger partial charge in [0.25, 0.3) is 0 Å². The zero-order chi connectivity index (χ0) is 9.90. The molecule has 1 aliphatic heterocycles.